The predicted octanol–water partition coefficient (Wildman–Crippen LogP) is 0.370. The summed E-state index contributed by atoms with van der Waals surface area (Å²) < 4.78 is 1.89. The van der Waals surface area contributed by atoms with Gasteiger partial charge in [0.15, 0.2) is 0 Å². The molecule has 1 aromatic heterocycles. The largest absolute Gasteiger partial charge is 0.357 e. The molecule has 70 valence electrons. The van der Waals surface area contributed by atoms with Crippen molar-refractivity contribution in [3.05, 3.63) is 24.0 Å². The van der Waals surface area contributed by atoms with Crippen LogP contribution >= 0.6 is 0 Å². The maximum atomic E-state index is 10.6. The summed E-state index contributed by atoms with van der Waals surface area (Å²) in [6.07, 6.45) is 5.36. The Labute approximate surface area is 76.4 Å². The number of hydrazone groups is 1. The monoisotopic (exact) mass is 180 g/mol. The number of nitrogens with zero attached hydrogens (tertiary/aromatic N) is 3. The number of aryl methyl sites for hydroxylation is 1. The highest BCUT2D eigenvalue weighted by Crippen LogP contribution is 1.95. The number of rotatable bonds is 2. The zero-order valence-corrected chi connectivity index (χ0v) is 7.64. The van der Waals surface area contributed by atoms with Crippen molar-refractivity contribution in [2.75, 3.05) is 7.05 Å². The predicted molar refractivity (Wildman–Crippen MR) is 50.4 cm³/mol. The maximum absolute atomic E-state index is 10.6. The molecule has 2 N–H and O–H groups in total. The Morgan fingerprint density at radius 3 is 2.92 bits per heavy atom. The Balaban J connectivity index is 2.63. The van der Waals surface area contributed by atoms with Crippen molar-refractivity contribution in [1.29, 1.82) is 0 Å². The van der Waals surface area contributed by atoms with E-state index in [9.17, 15) is 4.79 Å². The van der Waals surface area contributed by atoms with Crippen molar-refractivity contribution in [3.8, 4) is 0 Å². The van der Waals surface area contributed by atoms with Crippen LogP contribution in [0.25, 0.3) is 0 Å². The van der Waals surface area contributed by atoms with Gasteiger partial charge in [-0.15, -0.1) is 0 Å². The number of primary amides is 1. The molecule has 1 rings (SSSR count). The lowest BCUT2D eigenvalue weighted by Gasteiger charge is -2.04. The van der Waals surface area contributed by atoms with E-state index >= 15 is 0 Å². The average Bonchev–Trinajstić information content (AvgIpc) is 2.47. The van der Waals surface area contributed by atoms with Gasteiger partial charge in [-0.3, -0.25) is 0 Å². The number of carbonyl (C=O) groups is 1. The van der Waals surface area contributed by atoms with Gasteiger partial charge in [-0.2, -0.15) is 5.10 Å². The van der Waals surface area contributed by atoms with E-state index in [0.29, 0.717) is 0 Å². The molecule has 0 radical (unpaired) electrons. The Morgan fingerprint density at radius 2 is 2.46 bits per heavy atom. The Hall–Kier alpha value is -1.78. The molecule has 1 heterocycles. The van der Waals surface area contributed by atoms with Gasteiger partial charge in [-0.1, -0.05) is 0 Å². The summed E-state index contributed by atoms with van der Waals surface area (Å²) in [6, 6.07) is 1.31. The maximum Gasteiger partial charge on any atom is 0.334 e. The first-order valence-corrected chi connectivity index (χ1v) is 3.78. The number of aromatic nitrogens is 1. The molecule has 2 amide bonds. The smallest absolute Gasteiger partial charge is 0.334 e. The molecule has 0 spiro atoms. The SMILES string of the molecule is CN(/N=C/c1ccn(C)c1)C(N)=O. The second-order valence-corrected chi connectivity index (χ2v) is 2.72. The van der Waals surface area contributed by atoms with E-state index in [1.165, 1.54) is 7.05 Å². The van der Waals surface area contributed by atoms with Gasteiger partial charge in [-0.25, -0.2) is 9.80 Å². The molecule has 5 nitrogen and oxygen atoms in total. The summed E-state index contributed by atoms with van der Waals surface area (Å²) in [7, 11) is 3.41. The summed E-state index contributed by atoms with van der Waals surface area (Å²) in [5.74, 6) is 0. The number of hydrogen-bond donors (Lipinski definition) is 1. The number of hydrogen-bond acceptors (Lipinski definition) is 2. The quantitative estimate of drug-likeness (QED) is 0.518. The summed E-state index contributed by atoms with van der Waals surface area (Å²) in [6.45, 7) is 0. The van der Waals surface area contributed by atoms with Gasteiger partial charge in [0.25, 0.3) is 0 Å². The van der Waals surface area contributed by atoms with E-state index in [0.717, 1.165) is 10.6 Å². The number of nitrogens with two attached hydrogens (primary N) is 1. The molecule has 5 heteroatoms. The molecule has 0 bridgehead atoms. The van der Waals surface area contributed by atoms with Crippen LogP contribution in [0.3, 0.4) is 0 Å². The highest BCUT2D eigenvalue weighted by molar-refractivity contribution is 5.81. The van der Waals surface area contributed by atoms with E-state index in [1.807, 2.05) is 30.1 Å². The highest BCUT2D eigenvalue weighted by Gasteiger charge is 1.97. The topological polar surface area (TPSA) is 63.6 Å². The van der Waals surface area contributed by atoms with Gasteiger partial charge in [0.2, 0.25) is 0 Å². The fourth-order valence-corrected chi connectivity index (χ4v) is 0.811. The molecule has 0 unspecified atom stereocenters. The average molecular weight is 180 g/mol. The van der Waals surface area contributed by atoms with Crippen LogP contribution < -0.4 is 5.73 Å². The molecule has 13 heavy (non-hydrogen) atoms. The molecule has 0 saturated carbocycles. The van der Waals surface area contributed by atoms with Crippen LogP contribution in [0, 0.1) is 0 Å². The number of urea groups is 1. The zero-order valence-electron chi connectivity index (χ0n) is 7.64. The molecular formula is C8H12N4O. The van der Waals surface area contributed by atoms with E-state index in [-0.39, 0.29) is 0 Å². The van der Waals surface area contributed by atoms with Crippen molar-refractivity contribution >= 4 is 12.2 Å². The third kappa shape index (κ3) is 2.62. The third-order valence-corrected chi connectivity index (χ3v) is 1.55. The van der Waals surface area contributed by atoms with Gasteiger partial charge < -0.3 is 10.3 Å². The summed E-state index contributed by atoms with van der Waals surface area (Å²) in [4.78, 5) is 10.6. The summed E-state index contributed by atoms with van der Waals surface area (Å²) in [5.41, 5.74) is 5.90. The fourth-order valence-electron chi connectivity index (χ4n) is 0.811. The van der Waals surface area contributed by atoms with Crippen LogP contribution in [0.1, 0.15) is 5.56 Å². The fraction of sp³-hybridized carbons (Fsp3) is 0.250. The summed E-state index contributed by atoms with van der Waals surface area (Å²) >= 11 is 0. The first-order chi connectivity index (χ1) is 6.09. The van der Waals surface area contributed by atoms with E-state index < -0.39 is 6.03 Å². The van der Waals surface area contributed by atoms with Gasteiger partial charge in [0.1, 0.15) is 0 Å². The van der Waals surface area contributed by atoms with Crippen molar-refractivity contribution in [2.45, 2.75) is 0 Å². The molecule has 1 aromatic rings. The zero-order chi connectivity index (χ0) is 9.84. The van der Waals surface area contributed by atoms with Gasteiger partial charge in [0, 0.05) is 32.1 Å². The minimum Gasteiger partial charge on any atom is -0.357 e. The van der Waals surface area contributed by atoms with Crippen LogP contribution in [-0.4, -0.2) is 28.9 Å². The van der Waals surface area contributed by atoms with Crippen molar-refractivity contribution < 1.29 is 4.79 Å². The van der Waals surface area contributed by atoms with Gasteiger partial charge in [0.05, 0.1) is 6.21 Å². The second-order valence-electron chi connectivity index (χ2n) is 2.72. The molecule has 0 aromatic carbocycles. The first-order valence-electron chi connectivity index (χ1n) is 3.78. The van der Waals surface area contributed by atoms with Crippen LogP contribution in [0.4, 0.5) is 4.79 Å². The standard InChI is InChI=1S/C8H12N4O/c1-11-4-3-7(6-11)5-10-12(2)8(9)13/h3-6H,1-2H3,(H2,9,13)/b10-5+. The van der Waals surface area contributed by atoms with Crippen LogP contribution in [0.2, 0.25) is 0 Å². The minimum atomic E-state index is -0.577. The van der Waals surface area contributed by atoms with Crippen molar-refractivity contribution in [3.63, 3.8) is 0 Å². The molecule has 0 aliphatic heterocycles. The van der Waals surface area contributed by atoms with Crippen molar-refractivity contribution in [2.24, 2.45) is 17.9 Å². The Kier molecular flexibility index (Phi) is 2.69. The van der Waals surface area contributed by atoms with Crippen molar-refractivity contribution in [1.82, 2.24) is 9.58 Å². The molecule has 0 fully saturated rings. The van der Waals surface area contributed by atoms with E-state index in [2.05, 4.69) is 5.10 Å². The first kappa shape index (κ1) is 9.31. The molecular weight excluding hydrogens is 168 g/mol. The van der Waals surface area contributed by atoms with Crippen LogP contribution in [-0.2, 0) is 7.05 Å². The Bertz CT molecular complexity index is 329. The van der Waals surface area contributed by atoms with Gasteiger partial charge in [-0.05, 0) is 6.07 Å². The third-order valence-electron chi connectivity index (χ3n) is 1.55. The number of carbonyl (C=O) groups excluding carboxylic acids is 1. The van der Waals surface area contributed by atoms with E-state index in [4.69, 9.17) is 5.73 Å². The second kappa shape index (κ2) is 3.75. The molecule has 0 saturated heterocycles. The Morgan fingerprint density at radius 1 is 1.77 bits per heavy atom. The minimum absolute atomic E-state index is 0.577. The highest BCUT2D eigenvalue weighted by atomic mass is 16.2. The molecule has 0 aliphatic carbocycles. The van der Waals surface area contributed by atoms with Gasteiger partial charge >= 0.3 is 6.03 Å². The van der Waals surface area contributed by atoms with Crippen LogP contribution in [0.5, 0.6) is 0 Å². The lowest BCUT2D eigenvalue weighted by Crippen LogP contribution is -2.27. The number of amides is 2. The van der Waals surface area contributed by atoms with Crippen LogP contribution in [0.15, 0.2) is 23.6 Å². The molecule has 0 atom stereocenters. The molecule has 0 aliphatic rings. The normalized spacial score (nSPS) is 10.6. The lowest BCUT2D eigenvalue weighted by molar-refractivity contribution is 0.220. The lowest BCUT2D eigenvalue weighted by atomic mass is 10.4. The van der Waals surface area contributed by atoms with E-state index in [1.54, 1.807) is 6.21 Å². The summed E-state index contributed by atoms with van der Waals surface area (Å²) in [5, 5.41) is 4.90.